The molecule has 0 aliphatic heterocycles. The maximum atomic E-state index is 13.3. The molecule has 2 N–H and O–H groups in total. The van der Waals surface area contributed by atoms with Crippen molar-refractivity contribution in [2.45, 2.75) is 20.5 Å². The number of nitrogens with two attached hydrogens (primary N) is 1. The summed E-state index contributed by atoms with van der Waals surface area (Å²) in [5.74, 6) is 0.549. The smallest absolute Gasteiger partial charge is 0.157 e. The molecule has 0 radical (unpaired) electrons. The second-order valence-corrected chi connectivity index (χ2v) is 4.19. The summed E-state index contributed by atoms with van der Waals surface area (Å²) in [6.45, 7) is 4.66. The highest BCUT2D eigenvalue weighted by molar-refractivity contribution is 5.65. The Morgan fingerprint density at radius 2 is 2.05 bits per heavy atom. The fourth-order valence-electron chi connectivity index (χ4n) is 1.78. The minimum absolute atomic E-state index is 0.295. The van der Waals surface area contributed by atoms with Gasteiger partial charge in [0.2, 0.25) is 0 Å². The summed E-state index contributed by atoms with van der Waals surface area (Å²) in [5.41, 5.74) is 8.01. The predicted octanol–water partition coefficient (Wildman–Crippen LogP) is 2.71. The van der Waals surface area contributed by atoms with Gasteiger partial charge in [-0.1, -0.05) is 6.07 Å². The number of nitrogens with zero attached hydrogens (tertiary/aromatic N) is 2. The van der Waals surface area contributed by atoms with E-state index in [4.69, 9.17) is 10.5 Å². The first-order chi connectivity index (χ1) is 9.10. The van der Waals surface area contributed by atoms with Crippen LogP contribution < -0.4 is 5.73 Å². The lowest BCUT2D eigenvalue weighted by Gasteiger charge is -2.08. The Morgan fingerprint density at radius 1 is 1.26 bits per heavy atom. The highest BCUT2D eigenvalue weighted by Gasteiger charge is 2.09. The topological polar surface area (TPSA) is 61.0 Å². The number of halogens is 1. The van der Waals surface area contributed by atoms with Crippen molar-refractivity contribution < 1.29 is 9.13 Å². The average Bonchev–Trinajstić information content (AvgIpc) is 2.38. The van der Waals surface area contributed by atoms with Crippen molar-refractivity contribution in [3.63, 3.8) is 0 Å². The van der Waals surface area contributed by atoms with Crippen LogP contribution in [0.2, 0.25) is 0 Å². The highest BCUT2D eigenvalue weighted by Crippen LogP contribution is 2.23. The fraction of sp³-hybridized carbons (Fsp3) is 0.286. The van der Waals surface area contributed by atoms with Gasteiger partial charge in [0.15, 0.2) is 5.82 Å². The van der Waals surface area contributed by atoms with E-state index in [0.29, 0.717) is 36.1 Å². The number of anilines is 1. The number of nitrogen functional groups attached to an aromatic ring is 1. The first-order valence-corrected chi connectivity index (χ1v) is 6.08. The molecule has 0 amide bonds. The highest BCUT2D eigenvalue weighted by atomic mass is 19.1. The molecule has 100 valence electrons. The van der Waals surface area contributed by atoms with Gasteiger partial charge in [-0.25, -0.2) is 14.4 Å². The third kappa shape index (κ3) is 3.26. The molecule has 4 nitrogen and oxygen atoms in total. The third-order valence-corrected chi connectivity index (χ3v) is 2.70. The summed E-state index contributed by atoms with van der Waals surface area (Å²) in [6.07, 6.45) is 0. The normalized spacial score (nSPS) is 10.7. The molecule has 19 heavy (non-hydrogen) atoms. The van der Waals surface area contributed by atoms with Crippen LogP contribution in [0.4, 0.5) is 10.2 Å². The van der Waals surface area contributed by atoms with E-state index in [9.17, 15) is 4.39 Å². The summed E-state index contributed by atoms with van der Waals surface area (Å²) >= 11 is 0. The zero-order valence-electron chi connectivity index (χ0n) is 11.0. The molecule has 2 aromatic rings. The molecule has 0 saturated heterocycles. The summed E-state index contributed by atoms with van der Waals surface area (Å²) in [4.78, 5) is 8.46. The summed E-state index contributed by atoms with van der Waals surface area (Å²) in [6, 6.07) is 6.22. The Hall–Kier alpha value is -2.01. The largest absolute Gasteiger partial charge is 0.384 e. The molecule has 5 heteroatoms. The first kappa shape index (κ1) is 13.4. The molecule has 0 spiro atoms. The Kier molecular flexibility index (Phi) is 4.06. The van der Waals surface area contributed by atoms with E-state index < -0.39 is 0 Å². The average molecular weight is 261 g/mol. The van der Waals surface area contributed by atoms with Crippen LogP contribution in [0.25, 0.3) is 11.3 Å². The molecule has 0 fully saturated rings. The van der Waals surface area contributed by atoms with Gasteiger partial charge < -0.3 is 10.5 Å². The number of hydrogen-bond acceptors (Lipinski definition) is 4. The molecule has 2 rings (SSSR count). The van der Waals surface area contributed by atoms with Crippen molar-refractivity contribution in [2.24, 2.45) is 0 Å². The van der Waals surface area contributed by atoms with Gasteiger partial charge in [-0.15, -0.1) is 0 Å². The molecule has 0 atom stereocenters. The predicted molar refractivity (Wildman–Crippen MR) is 71.9 cm³/mol. The van der Waals surface area contributed by atoms with Gasteiger partial charge in [0.25, 0.3) is 0 Å². The van der Waals surface area contributed by atoms with Crippen LogP contribution in [-0.2, 0) is 11.3 Å². The Balaban J connectivity index is 2.43. The molecule has 0 unspecified atom stereocenters. The lowest BCUT2D eigenvalue weighted by atomic mass is 10.1. The van der Waals surface area contributed by atoms with Gasteiger partial charge in [0, 0.05) is 18.2 Å². The number of benzene rings is 1. The van der Waals surface area contributed by atoms with Crippen LogP contribution in [0.15, 0.2) is 24.3 Å². The maximum Gasteiger partial charge on any atom is 0.157 e. The maximum absolute atomic E-state index is 13.3. The van der Waals surface area contributed by atoms with Crippen LogP contribution in [-0.4, -0.2) is 16.6 Å². The van der Waals surface area contributed by atoms with E-state index in [1.807, 2.05) is 13.8 Å². The van der Waals surface area contributed by atoms with Crippen molar-refractivity contribution in [1.29, 1.82) is 0 Å². The number of ether oxygens (including phenoxy) is 1. The van der Waals surface area contributed by atoms with Crippen LogP contribution in [0.1, 0.15) is 18.3 Å². The monoisotopic (exact) mass is 261 g/mol. The number of aromatic nitrogens is 2. The quantitative estimate of drug-likeness (QED) is 0.919. The van der Waals surface area contributed by atoms with Crippen molar-refractivity contribution >= 4 is 5.82 Å². The van der Waals surface area contributed by atoms with Crippen LogP contribution in [0.3, 0.4) is 0 Å². The molecule has 0 saturated carbocycles. The van der Waals surface area contributed by atoms with E-state index in [1.165, 1.54) is 12.1 Å². The van der Waals surface area contributed by atoms with Gasteiger partial charge in [0.05, 0.1) is 5.69 Å². The Labute approximate surface area is 111 Å². The number of rotatable bonds is 4. The lowest BCUT2D eigenvalue weighted by Crippen LogP contribution is -2.04. The second kappa shape index (κ2) is 5.75. The standard InChI is InChI=1S/C14H16FN3O/c1-3-19-8-14-17-12(7-13(16)18-14)11-6-10(15)5-4-9(11)2/h4-7H,3,8H2,1-2H3,(H2,16,17,18). The van der Waals surface area contributed by atoms with E-state index >= 15 is 0 Å². The first-order valence-electron chi connectivity index (χ1n) is 6.08. The Morgan fingerprint density at radius 3 is 2.79 bits per heavy atom. The SMILES string of the molecule is CCOCc1nc(N)cc(-c2cc(F)ccc2C)n1. The molecule has 0 aliphatic rings. The lowest BCUT2D eigenvalue weighted by molar-refractivity contribution is 0.128. The van der Waals surface area contributed by atoms with Crippen LogP contribution >= 0.6 is 0 Å². The molecular weight excluding hydrogens is 245 g/mol. The van der Waals surface area contributed by atoms with E-state index in [-0.39, 0.29) is 5.82 Å². The van der Waals surface area contributed by atoms with Gasteiger partial charge in [0.1, 0.15) is 18.2 Å². The van der Waals surface area contributed by atoms with Gasteiger partial charge in [-0.3, -0.25) is 0 Å². The minimum atomic E-state index is -0.302. The van der Waals surface area contributed by atoms with Gasteiger partial charge in [-0.2, -0.15) is 0 Å². The van der Waals surface area contributed by atoms with Gasteiger partial charge in [-0.05, 0) is 31.5 Å². The van der Waals surface area contributed by atoms with Crippen molar-refractivity contribution in [2.75, 3.05) is 12.3 Å². The minimum Gasteiger partial charge on any atom is -0.384 e. The number of hydrogen-bond donors (Lipinski definition) is 1. The summed E-state index contributed by atoms with van der Waals surface area (Å²) < 4.78 is 18.6. The number of aryl methyl sites for hydroxylation is 1. The van der Waals surface area contributed by atoms with Gasteiger partial charge >= 0.3 is 0 Å². The zero-order chi connectivity index (χ0) is 13.8. The summed E-state index contributed by atoms with van der Waals surface area (Å²) in [7, 11) is 0. The molecule has 0 bridgehead atoms. The summed E-state index contributed by atoms with van der Waals surface area (Å²) in [5, 5.41) is 0. The molecule has 1 heterocycles. The van der Waals surface area contributed by atoms with Crippen molar-refractivity contribution in [3.05, 3.63) is 41.5 Å². The molecular formula is C14H16FN3O. The fourth-order valence-corrected chi connectivity index (χ4v) is 1.78. The van der Waals surface area contributed by atoms with Crippen LogP contribution in [0.5, 0.6) is 0 Å². The second-order valence-electron chi connectivity index (χ2n) is 4.19. The third-order valence-electron chi connectivity index (χ3n) is 2.70. The van der Waals surface area contributed by atoms with E-state index in [1.54, 1.807) is 12.1 Å². The molecule has 0 aliphatic carbocycles. The van der Waals surface area contributed by atoms with E-state index in [2.05, 4.69) is 9.97 Å². The van der Waals surface area contributed by atoms with Crippen molar-refractivity contribution in [1.82, 2.24) is 9.97 Å². The Bertz CT molecular complexity index is 587. The van der Waals surface area contributed by atoms with Crippen LogP contribution in [0, 0.1) is 12.7 Å². The van der Waals surface area contributed by atoms with E-state index in [0.717, 1.165) is 5.56 Å². The molecule has 1 aromatic carbocycles. The zero-order valence-corrected chi connectivity index (χ0v) is 11.0. The molecule has 1 aromatic heterocycles. The van der Waals surface area contributed by atoms with Crippen molar-refractivity contribution in [3.8, 4) is 11.3 Å².